The van der Waals surface area contributed by atoms with Gasteiger partial charge in [-0.2, -0.15) is 5.10 Å². The normalized spacial score (nSPS) is 14.8. The second-order valence-corrected chi connectivity index (χ2v) is 8.74. The first-order valence-corrected chi connectivity index (χ1v) is 11.5. The number of carbonyl (C=O) groups excluding carboxylic acids is 1. The number of nitrogens with zero attached hydrogens (tertiary/aromatic N) is 3. The number of benzene rings is 1. The second kappa shape index (κ2) is 9.69. The Labute approximate surface area is 189 Å². The molecule has 170 valence electrons. The molecule has 0 aliphatic carbocycles. The van der Waals surface area contributed by atoms with Crippen LogP contribution in [-0.4, -0.2) is 39.9 Å². The van der Waals surface area contributed by atoms with Crippen molar-refractivity contribution in [1.82, 2.24) is 20.1 Å². The summed E-state index contributed by atoms with van der Waals surface area (Å²) in [5.41, 5.74) is 5.69. The predicted molar refractivity (Wildman–Crippen MR) is 127 cm³/mol. The summed E-state index contributed by atoms with van der Waals surface area (Å²) in [5, 5.41) is 12.3. The molecule has 3 heterocycles. The molecular formula is C25H33N5O2. The summed E-state index contributed by atoms with van der Waals surface area (Å²) in [6, 6.07) is 8.17. The van der Waals surface area contributed by atoms with E-state index in [4.69, 9.17) is 9.72 Å². The van der Waals surface area contributed by atoms with Gasteiger partial charge in [-0.1, -0.05) is 26.0 Å². The van der Waals surface area contributed by atoms with Crippen molar-refractivity contribution in [3.63, 3.8) is 0 Å². The standard InChI is InChI=1S/C25H33N5O2/c1-5-30-24-22(15-27-30)23(29-20-10-12-32-13-11-20)21(17(4)28-24)14-26-25(31)19-8-6-18(7-9-19)16(2)3/h6-9,15-16,20H,5,10-14H2,1-4H3,(H,26,31)(H,28,29). The van der Waals surface area contributed by atoms with Crippen molar-refractivity contribution in [2.45, 2.75) is 65.6 Å². The van der Waals surface area contributed by atoms with Gasteiger partial charge in [-0.15, -0.1) is 0 Å². The zero-order valence-electron chi connectivity index (χ0n) is 19.4. The highest BCUT2D eigenvalue weighted by atomic mass is 16.5. The van der Waals surface area contributed by atoms with Crippen LogP contribution in [0.15, 0.2) is 30.5 Å². The Balaban J connectivity index is 1.61. The number of rotatable bonds is 7. The first kappa shape index (κ1) is 22.3. The second-order valence-electron chi connectivity index (χ2n) is 8.74. The summed E-state index contributed by atoms with van der Waals surface area (Å²) in [4.78, 5) is 17.7. The average Bonchev–Trinajstić information content (AvgIpc) is 3.21. The van der Waals surface area contributed by atoms with Gasteiger partial charge in [0.15, 0.2) is 5.65 Å². The molecule has 0 atom stereocenters. The van der Waals surface area contributed by atoms with Crippen LogP contribution in [0.25, 0.3) is 11.0 Å². The van der Waals surface area contributed by atoms with Gasteiger partial charge < -0.3 is 15.4 Å². The van der Waals surface area contributed by atoms with Crippen LogP contribution >= 0.6 is 0 Å². The predicted octanol–water partition coefficient (Wildman–Crippen LogP) is 4.40. The van der Waals surface area contributed by atoms with Crippen LogP contribution in [0.5, 0.6) is 0 Å². The van der Waals surface area contributed by atoms with E-state index >= 15 is 0 Å². The lowest BCUT2D eigenvalue weighted by atomic mass is 10.0. The highest BCUT2D eigenvalue weighted by Gasteiger charge is 2.21. The molecule has 7 heteroatoms. The van der Waals surface area contributed by atoms with Gasteiger partial charge in [-0.25, -0.2) is 9.67 Å². The van der Waals surface area contributed by atoms with Gasteiger partial charge in [0.1, 0.15) is 0 Å². The summed E-state index contributed by atoms with van der Waals surface area (Å²) in [6.45, 7) is 11.0. The van der Waals surface area contributed by atoms with Crippen molar-refractivity contribution in [3.8, 4) is 0 Å². The van der Waals surface area contributed by atoms with Crippen LogP contribution in [0.1, 0.15) is 66.7 Å². The molecule has 32 heavy (non-hydrogen) atoms. The van der Waals surface area contributed by atoms with Gasteiger partial charge in [0, 0.05) is 49.2 Å². The highest BCUT2D eigenvalue weighted by molar-refractivity contribution is 5.95. The van der Waals surface area contributed by atoms with E-state index in [1.165, 1.54) is 5.56 Å². The van der Waals surface area contributed by atoms with Gasteiger partial charge in [-0.3, -0.25) is 4.79 Å². The molecule has 1 aliphatic heterocycles. The first-order valence-electron chi connectivity index (χ1n) is 11.5. The van der Waals surface area contributed by atoms with Crippen LogP contribution in [0.3, 0.4) is 0 Å². The number of anilines is 1. The SMILES string of the molecule is CCn1ncc2c(NC3CCOCC3)c(CNC(=O)c3ccc(C(C)C)cc3)c(C)nc21. The molecule has 1 fully saturated rings. The summed E-state index contributed by atoms with van der Waals surface area (Å²) in [5.74, 6) is 0.358. The number of fused-ring (bicyclic) bond motifs is 1. The number of ether oxygens (including phenoxy) is 1. The third-order valence-electron chi connectivity index (χ3n) is 6.23. The fraction of sp³-hybridized carbons (Fsp3) is 0.480. The maximum Gasteiger partial charge on any atom is 0.251 e. The molecule has 1 aliphatic rings. The molecule has 0 unspecified atom stereocenters. The minimum Gasteiger partial charge on any atom is -0.381 e. The Bertz CT molecular complexity index is 1080. The van der Waals surface area contributed by atoms with Crippen molar-refractivity contribution >= 4 is 22.6 Å². The van der Waals surface area contributed by atoms with Crippen LogP contribution < -0.4 is 10.6 Å². The highest BCUT2D eigenvalue weighted by Crippen LogP contribution is 2.30. The van der Waals surface area contributed by atoms with Crippen molar-refractivity contribution in [2.24, 2.45) is 0 Å². The van der Waals surface area contributed by atoms with Gasteiger partial charge in [-0.05, 0) is 50.3 Å². The Morgan fingerprint density at radius 1 is 1.22 bits per heavy atom. The molecule has 0 spiro atoms. The summed E-state index contributed by atoms with van der Waals surface area (Å²) in [7, 11) is 0. The molecule has 1 saturated heterocycles. The van der Waals surface area contributed by atoms with Crippen molar-refractivity contribution in [3.05, 3.63) is 52.8 Å². The van der Waals surface area contributed by atoms with Crippen LogP contribution in [0, 0.1) is 6.92 Å². The zero-order chi connectivity index (χ0) is 22.7. The van der Waals surface area contributed by atoms with Crippen molar-refractivity contribution in [1.29, 1.82) is 0 Å². The lowest BCUT2D eigenvalue weighted by molar-refractivity contribution is 0.0904. The van der Waals surface area contributed by atoms with E-state index in [0.29, 0.717) is 24.1 Å². The minimum atomic E-state index is -0.0823. The maximum absolute atomic E-state index is 12.8. The Morgan fingerprint density at radius 2 is 1.94 bits per heavy atom. The Hall–Kier alpha value is -2.93. The molecule has 1 amide bonds. The van der Waals surface area contributed by atoms with E-state index in [-0.39, 0.29) is 5.91 Å². The Morgan fingerprint density at radius 3 is 2.59 bits per heavy atom. The van der Waals surface area contributed by atoms with Gasteiger partial charge in [0.25, 0.3) is 5.91 Å². The minimum absolute atomic E-state index is 0.0823. The van der Waals surface area contributed by atoms with Crippen LogP contribution in [-0.2, 0) is 17.8 Å². The van der Waals surface area contributed by atoms with E-state index in [9.17, 15) is 4.79 Å². The van der Waals surface area contributed by atoms with Crippen molar-refractivity contribution in [2.75, 3.05) is 18.5 Å². The lowest BCUT2D eigenvalue weighted by Crippen LogP contribution is -2.30. The first-order chi connectivity index (χ1) is 15.5. The van der Waals surface area contributed by atoms with Gasteiger partial charge in [0.05, 0.1) is 17.3 Å². The summed E-state index contributed by atoms with van der Waals surface area (Å²) < 4.78 is 7.44. The molecule has 3 aromatic rings. The number of nitrogens with one attached hydrogen (secondary N) is 2. The molecule has 1 aromatic carbocycles. The smallest absolute Gasteiger partial charge is 0.251 e. The van der Waals surface area contributed by atoms with E-state index in [0.717, 1.165) is 60.6 Å². The van der Waals surface area contributed by atoms with E-state index in [1.54, 1.807) is 0 Å². The number of hydrogen-bond donors (Lipinski definition) is 2. The van der Waals surface area contributed by atoms with Crippen LogP contribution in [0.2, 0.25) is 0 Å². The van der Waals surface area contributed by atoms with Crippen molar-refractivity contribution < 1.29 is 9.53 Å². The molecule has 2 N–H and O–H groups in total. The largest absolute Gasteiger partial charge is 0.381 e. The molecule has 0 saturated carbocycles. The van der Waals surface area contributed by atoms with E-state index < -0.39 is 0 Å². The molecular weight excluding hydrogens is 402 g/mol. The zero-order valence-corrected chi connectivity index (χ0v) is 19.4. The van der Waals surface area contributed by atoms with Crippen LogP contribution in [0.4, 0.5) is 5.69 Å². The fourth-order valence-electron chi connectivity index (χ4n) is 4.19. The Kier molecular flexibility index (Phi) is 6.74. The number of pyridine rings is 1. The lowest BCUT2D eigenvalue weighted by Gasteiger charge is -2.26. The third kappa shape index (κ3) is 4.63. The quantitative estimate of drug-likeness (QED) is 0.575. The third-order valence-corrected chi connectivity index (χ3v) is 6.23. The fourth-order valence-corrected chi connectivity index (χ4v) is 4.19. The van der Waals surface area contributed by atoms with Gasteiger partial charge >= 0.3 is 0 Å². The number of hydrogen-bond acceptors (Lipinski definition) is 5. The number of carbonyl (C=O) groups is 1. The monoisotopic (exact) mass is 435 g/mol. The number of aromatic nitrogens is 3. The molecule has 4 rings (SSSR count). The topological polar surface area (TPSA) is 81.1 Å². The summed E-state index contributed by atoms with van der Waals surface area (Å²) >= 11 is 0. The number of aryl methyl sites for hydroxylation is 2. The van der Waals surface area contributed by atoms with Gasteiger partial charge in [0.2, 0.25) is 0 Å². The van der Waals surface area contributed by atoms with E-state index in [1.807, 2.05) is 42.1 Å². The maximum atomic E-state index is 12.8. The number of amides is 1. The molecule has 0 radical (unpaired) electrons. The molecule has 0 bridgehead atoms. The molecule has 7 nitrogen and oxygen atoms in total. The molecule has 2 aromatic heterocycles. The summed E-state index contributed by atoms with van der Waals surface area (Å²) in [6.07, 6.45) is 3.79. The average molecular weight is 436 g/mol. The van der Waals surface area contributed by atoms with E-state index in [2.05, 4.69) is 36.5 Å².